The fourth-order valence-corrected chi connectivity index (χ4v) is 3.39. The summed E-state index contributed by atoms with van der Waals surface area (Å²) in [5.41, 5.74) is 7.95. The predicted octanol–water partition coefficient (Wildman–Crippen LogP) is 3.83. The lowest BCUT2D eigenvalue weighted by Gasteiger charge is -2.14. The van der Waals surface area contributed by atoms with Crippen LogP contribution in [0.4, 0.5) is 4.39 Å². The summed E-state index contributed by atoms with van der Waals surface area (Å²) in [5, 5.41) is 0. The SMILES string of the molecule is COC(CCn1cnc(-c2ccc(F)cc2)c1-c1ccnc(Oc2ccccc2)n1)C(N)=O. The van der Waals surface area contributed by atoms with Crippen molar-refractivity contribution >= 4 is 5.91 Å². The van der Waals surface area contributed by atoms with Gasteiger partial charge < -0.3 is 19.8 Å². The standard InChI is InChI=1S/C24H22FN5O3/c1-32-20(23(26)31)12-14-30-15-28-21(16-7-9-17(25)10-8-16)22(30)19-11-13-27-24(29-19)33-18-5-3-2-4-6-18/h2-11,13,15,20H,12,14H2,1H3,(H2,26,31). The molecule has 0 radical (unpaired) electrons. The number of hydrogen-bond donors (Lipinski definition) is 1. The summed E-state index contributed by atoms with van der Waals surface area (Å²) in [4.78, 5) is 24.9. The van der Waals surface area contributed by atoms with Gasteiger partial charge in [-0.25, -0.2) is 14.4 Å². The van der Waals surface area contributed by atoms with Crippen molar-refractivity contribution in [1.29, 1.82) is 0 Å². The molecule has 0 spiro atoms. The summed E-state index contributed by atoms with van der Waals surface area (Å²) in [7, 11) is 1.44. The number of carbonyl (C=O) groups excluding carboxylic acids is 1. The van der Waals surface area contributed by atoms with Crippen molar-refractivity contribution in [1.82, 2.24) is 19.5 Å². The molecule has 2 heterocycles. The quantitative estimate of drug-likeness (QED) is 0.418. The number of aromatic nitrogens is 4. The molecule has 2 N–H and O–H groups in total. The molecule has 2 aromatic heterocycles. The molecule has 33 heavy (non-hydrogen) atoms. The second kappa shape index (κ2) is 10.0. The monoisotopic (exact) mass is 447 g/mol. The van der Waals surface area contributed by atoms with Crippen molar-refractivity contribution in [3.63, 3.8) is 0 Å². The first-order valence-corrected chi connectivity index (χ1v) is 10.2. The van der Waals surface area contributed by atoms with E-state index >= 15 is 0 Å². The molecule has 9 heteroatoms. The van der Waals surface area contributed by atoms with Crippen LogP contribution < -0.4 is 10.5 Å². The molecule has 8 nitrogen and oxygen atoms in total. The minimum Gasteiger partial charge on any atom is -0.424 e. The van der Waals surface area contributed by atoms with Crippen LogP contribution in [0.5, 0.6) is 11.8 Å². The number of benzene rings is 2. The molecule has 0 fully saturated rings. The van der Waals surface area contributed by atoms with Crippen LogP contribution in [0.2, 0.25) is 0 Å². The molecule has 4 aromatic rings. The van der Waals surface area contributed by atoms with Crippen LogP contribution in [-0.2, 0) is 16.1 Å². The summed E-state index contributed by atoms with van der Waals surface area (Å²) in [6.07, 6.45) is 2.84. The van der Waals surface area contributed by atoms with Gasteiger partial charge in [0, 0.05) is 31.8 Å². The largest absolute Gasteiger partial charge is 0.424 e. The Morgan fingerprint density at radius 1 is 1.09 bits per heavy atom. The highest BCUT2D eigenvalue weighted by Crippen LogP contribution is 2.31. The van der Waals surface area contributed by atoms with Gasteiger partial charge in [-0.2, -0.15) is 4.98 Å². The number of nitrogens with two attached hydrogens (primary N) is 1. The molecule has 1 atom stereocenters. The van der Waals surface area contributed by atoms with E-state index in [9.17, 15) is 9.18 Å². The number of rotatable bonds is 9. The number of halogens is 1. The lowest BCUT2D eigenvalue weighted by molar-refractivity contribution is -0.128. The van der Waals surface area contributed by atoms with E-state index in [1.165, 1.54) is 19.2 Å². The first-order valence-electron chi connectivity index (χ1n) is 10.2. The molecule has 0 aliphatic rings. The Morgan fingerprint density at radius 3 is 2.55 bits per heavy atom. The molecule has 0 saturated carbocycles. The summed E-state index contributed by atoms with van der Waals surface area (Å²) in [5.74, 6) is -0.283. The Morgan fingerprint density at radius 2 is 1.85 bits per heavy atom. The number of hydrogen-bond acceptors (Lipinski definition) is 6. The Bertz CT molecular complexity index is 1230. The molecule has 168 valence electrons. The molecule has 1 unspecified atom stereocenters. The van der Waals surface area contributed by atoms with Gasteiger partial charge in [-0.1, -0.05) is 18.2 Å². The zero-order valence-electron chi connectivity index (χ0n) is 17.9. The summed E-state index contributed by atoms with van der Waals surface area (Å²) in [6.45, 7) is 0.393. The summed E-state index contributed by atoms with van der Waals surface area (Å²) in [6, 6.07) is 17.1. The van der Waals surface area contributed by atoms with Crippen LogP contribution >= 0.6 is 0 Å². The van der Waals surface area contributed by atoms with E-state index in [0.717, 1.165) is 0 Å². The van der Waals surface area contributed by atoms with Gasteiger partial charge in [0.15, 0.2) is 0 Å². The minimum atomic E-state index is -0.739. The molecule has 0 saturated heterocycles. The van der Waals surface area contributed by atoms with Crippen LogP contribution in [0, 0.1) is 5.82 Å². The summed E-state index contributed by atoms with van der Waals surface area (Å²) < 4.78 is 26.3. The normalized spacial score (nSPS) is 11.8. The predicted molar refractivity (Wildman–Crippen MR) is 120 cm³/mol. The van der Waals surface area contributed by atoms with Crippen molar-refractivity contribution in [2.45, 2.75) is 19.1 Å². The highest BCUT2D eigenvalue weighted by molar-refractivity contribution is 5.79. The molecule has 1 amide bonds. The third-order valence-electron chi connectivity index (χ3n) is 5.02. The van der Waals surface area contributed by atoms with Crippen molar-refractivity contribution in [2.75, 3.05) is 7.11 Å². The Hall–Kier alpha value is -4.11. The molecule has 2 aromatic carbocycles. The maximum absolute atomic E-state index is 13.5. The smallest absolute Gasteiger partial charge is 0.322 e. The van der Waals surface area contributed by atoms with Gasteiger partial charge in [0.1, 0.15) is 17.7 Å². The molecular formula is C24H22FN5O3. The van der Waals surface area contributed by atoms with E-state index in [2.05, 4.69) is 15.0 Å². The Balaban J connectivity index is 1.73. The fraction of sp³-hybridized carbons (Fsp3) is 0.167. The van der Waals surface area contributed by atoms with Crippen LogP contribution in [0.3, 0.4) is 0 Å². The average Bonchev–Trinajstić information content (AvgIpc) is 3.24. The number of amides is 1. The van der Waals surface area contributed by atoms with Crippen molar-refractivity contribution in [3.05, 3.63) is 79.0 Å². The van der Waals surface area contributed by atoms with Crippen LogP contribution in [-0.4, -0.2) is 38.6 Å². The van der Waals surface area contributed by atoms with Gasteiger partial charge in [0.2, 0.25) is 5.91 Å². The van der Waals surface area contributed by atoms with Crippen LogP contribution in [0.1, 0.15) is 6.42 Å². The maximum Gasteiger partial charge on any atom is 0.322 e. The first kappa shape index (κ1) is 22.1. The number of ether oxygens (including phenoxy) is 2. The topological polar surface area (TPSA) is 105 Å². The molecular weight excluding hydrogens is 425 g/mol. The van der Waals surface area contributed by atoms with Gasteiger partial charge >= 0.3 is 6.01 Å². The highest BCUT2D eigenvalue weighted by Gasteiger charge is 2.20. The third kappa shape index (κ3) is 5.21. The number of nitrogens with zero attached hydrogens (tertiary/aromatic N) is 4. The van der Waals surface area contributed by atoms with E-state index in [4.69, 9.17) is 15.2 Å². The Labute approximate surface area is 189 Å². The second-order valence-corrected chi connectivity index (χ2v) is 7.20. The number of carbonyl (C=O) groups is 1. The van der Waals surface area contributed by atoms with Crippen molar-refractivity contribution in [2.24, 2.45) is 5.73 Å². The van der Waals surface area contributed by atoms with E-state index < -0.39 is 12.0 Å². The molecule has 0 bridgehead atoms. The zero-order valence-corrected chi connectivity index (χ0v) is 17.9. The van der Waals surface area contributed by atoms with E-state index in [1.54, 1.807) is 42.9 Å². The van der Waals surface area contributed by atoms with Gasteiger partial charge in [-0.05, 0) is 42.5 Å². The maximum atomic E-state index is 13.5. The van der Waals surface area contributed by atoms with E-state index in [-0.39, 0.29) is 11.8 Å². The average molecular weight is 447 g/mol. The van der Waals surface area contributed by atoms with Crippen LogP contribution in [0.25, 0.3) is 22.6 Å². The zero-order chi connectivity index (χ0) is 23.2. The van der Waals surface area contributed by atoms with Gasteiger partial charge in [-0.15, -0.1) is 0 Å². The highest BCUT2D eigenvalue weighted by atomic mass is 19.1. The molecule has 4 rings (SSSR count). The number of aryl methyl sites for hydroxylation is 1. The van der Waals surface area contributed by atoms with E-state index in [0.29, 0.717) is 41.4 Å². The molecule has 0 aliphatic carbocycles. The molecule has 0 aliphatic heterocycles. The van der Waals surface area contributed by atoms with Gasteiger partial charge in [0.25, 0.3) is 0 Å². The van der Waals surface area contributed by atoms with E-state index in [1.807, 2.05) is 22.8 Å². The fourth-order valence-electron chi connectivity index (χ4n) is 3.39. The first-order chi connectivity index (χ1) is 16.0. The number of methoxy groups -OCH3 is 1. The minimum absolute atomic E-state index is 0.170. The Kier molecular flexibility index (Phi) is 6.70. The van der Waals surface area contributed by atoms with Crippen molar-refractivity contribution in [3.8, 4) is 34.4 Å². The van der Waals surface area contributed by atoms with Gasteiger partial charge in [0.05, 0.1) is 23.4 Å². The lowest BCUT2D eigenvalue weighted by Crippen LogP contribution is -2.31. The number of primary amides is 1. The number of para-hydroxylation sites is 1. The third-order valence-corrected chi connectivity index (χ3v) is 5.02. The van der Waals surface area contributed by atoms with Crippen LogP contribution in [0.15, 0.2) is 73.2 Å². The van der Waals surface area contributed by atoms with Crippen molar-refractivity contribution < 1.29 is 18.7 Å². The number of imidazole rings is 1. The lowest BCUT2D eigenvalue weighted by atomic mass is 10.1. The van der Waals surface area contributed by atoms with Gasteiger partial charge in [-0.3, -0.25) is 4.79 Å². The second-order valence-electron chi connectivity index (χ2n) is 7.20. The summed E-state index contributed by atoms with van der Waals surface area (Å²) >= 11 is 0.